The monoisotopic (exact) mass is 446 g/mol. The lowest BCUT2D eigenvalue weighted by molar-refractivity contribution is 0.142. The Morgan fingerprint density at radius 1 is 1.03 bits per heavy atom. The first kappa shape index (κ1) is 20.7. The van der Waals surface area contributed by atoms with E-state index in [2.05, 4.69) is 20.5 Å². The van der Waals surface area contributed by atoms with Crippen molar-refractivity contribution >= 4 is 6.09 Å². The fourth-order valence-corrected chi connectivity index (χ4v) is 3.62. The fraction of sp³-hybridized carbons (Fsp3) is 0.261. The number of hydrogen-bond donors (Lipinski definition) is 0. The normalized spacial score (nSPS) is 13.3. The van der Waals surface area contributed by atoms with Crippen LogP contribution in [0, 0.1) is 0 Å². The van der Waals surface area contributed by atoms with Gasteiger partial charge in [-0.2, -0.15) is 4.98 Å². The van der Waals surface area contributed by atoms with Crippen LogP contribution >= 0.6 is 0 Å². The van der Waals surface area contributed by atoms with Gasteiger partial charge in [-0.15, -0.1) is 5.10 Å². The average Bonchev–Trinajstić information content (AvgIpc) is 3.62. The molecule has 2 aromatic carbocycles. The van der Waals surface area contributed by atoms with Gasteiger partial charge in [0.15, 0.2) is 0 Å². The minimum absolute atomic E-state index is 0.153. The van der Waals surface area contributed by atoms with E-state index >= 15 is 0 Å². The van der Waals surface area contributed by atoms with Crippen LogP contribution in [0.25, 0.3) is 22.6 Å². The second-order valence-corrected chi connectivity index (χ2v) is 7.67. The number of nitrogens with zero attached hydrogens (tertiary/aromatic N) is 6. The van der Waals surface area contributed by atoms with Crippen LogP contribution in [0.5, 0.6) is 11.8 Å². The minimum atomic E-state index is -0.458. The number of likely N-dealkylation sites (tertiary alicyclic amines) is 1. The number of hydrogen-bond acceptors (Lipinski definition) is 8. The number of methoxy groups -OCH3 is 1. The van der Waals surface area contributed by atoms with Gasteiger partial charge in [-0.25, -0.2) is 9.48 Å². The molecule has 168 valence electrons. The lowest BCUT2D eigenvalue weighted by Gasteiger charge is -2.11. The number of benzene rings is 2. The highest BCUT2D eigenvalue weighted by molar-refractivity contribution is 5.70. The van der Waals surface area contributed by atoms with Gasteiger partial charge in [0.25, 0.3) is 0 Å². The molecule has 0 aliphatic carbocycles. The van der Waals surface area contributed by atoms with Gasteiger partial charge in [0.2, 0.25) is 5.82 Å². The summed E-state index contributed by atoms with van der Waals surface area (Å²) in [6, 6.07) is 15.4. The zero-order chi connectivity index (χ0) is 22.6. The van der Waals surface area contributed by atoms with Gasteiger partial charge in [0.05, 0.1) is 19.9 Å². The Bertz CT molecular complexity index is 1230. The Labute approximate surface area is 189 Å². The second kappa shape index (κ2) is 9.11. The van der Waals surface area contributed by atoms with E-state index in [0.717, 1.165) is 41.0 Å². The molecule has 5 rings (SSSR count). The predicted molar refractivity (Wildman–Crippen MR) is 118 cm³/mol. The molecule has 1 fully saturated rings. The number of amides is 1. The van der Waals surface area contributed by atoms with E-state index in [1.54, 1.807) is 16.7 Å². The third-order valence-corrected chi connectivity index (χ3v) is 5.43. The first-order valence-corrected chi connectivity index (χ1v) is 10.6. The van der Waals surface area contributed by atoms with Gasteiger partial charge >= 0.3 is 12.2 Å². The smallest absolute Gasteiger partial charge is 0.426 e. The molecule has 2 aromatic heterocycles. The summed E-state index contributed by atoms with van der Waals surface area (Å²) >= 11 is 0. The van der Waals surface area contributed by atoms with Crippen molar-refractivity contribution in [1.29, 1.82) is 0 Å². The molecule has 0 bridgehead atoms. The van der Waals surface area contributed by atoms with E-state index in [-0.39, 0.29) is 6.08 Å². The van der Waals surface area contributed by atoms with Crippen LogP contribution in [0.4, 0.5) is 4.79 Å². The van der Waals surface area contributed by atoms with Gasteiger partial charge < -0.3 is 14.4 Å². The Balaban J connectivity index is 1.22. The molecule has 0 atom stereocenters. The number of ether oxygens (including phenoxy) is 2. The number of aromatic nitrogens is 5. The van der Waals surface area contributed by atoms with E-state index in [4.69, 9.17) is 14.0 Å². The number of carbonyl (C=O) groups is 1. The predicted octanol–water partition coefficient (Wildman–Crippen LogP) is 3.65. The molecule has 10 nitrogen and oxygen atoms in total. The van der Waals surface area contributed by atoms with Crippen molar-refractivity contribution in [3.8, 4) is 34.5 Å². The summed E-state index contributed by atoms with van der Waals surface area (Å²) in [5.74, 6) is 1.15. The topological polar surface area (TPSA) is 108 Å². The fourth-order valence-electron chi connectivity index (χ4n) is 3.62. The van der Waals surface area contributed by atoms with Gasteiger partial charge in [-0.05, 0) is 42.7 Å². The van der Waals surface area contributed by atoms with E-state index in [9.17, 15) is 4.79 Å². The van der Waals surface area contributed by atoms with Crippen molar-refractivity contribution in [3.05, 3.63) is 60.3 Å². The highest BCUT2D eigenvalue weighted by atomic mass is 16.7. The lowest BCUT2D eigenvalue weighted by Crippen LogP contribution is -2.30. The van der Waals surface area contributed by atoms with Crippen molar-refractivity contribution < 1.29 is 18.8 Å². The molecule has 0 unspecified atom stereocenters. The van der Waals surface area contributed by atoms with Crippen LogP contribution in [0.15, 0.2) is 59.3 Å². The molecule has 4 aromatic rings. The van der Waals surface area contributed by atoms with E-state index < -0.39 is 6.09 Å². The summed E-state index contributed by atoms with van der Waals surface area (Å²) in [5, 5.41) is 12.4. The summed E-state index contributed by atoms with van der Waals surface area (Å²) in [5.41, 5.74) is 3.55. The maximum Gasteiger partial charge on any atom is 0.426 e. The van der Waals surface area contributed by atoms with Crippen molar-refractivity contribution in [3.63, 3.8) is 0 Å². The summed E-state index contributed by atoms with van der Waals surface area (Å²) in [6.07, 6.45) is 3.25. The van der Waals surface area contributed by atoms with Crippen LogP contribution in [-0.4, -0.2) is 56.3 Å². The summed E-state index contributed by atoms with van der Waals surface area (Å²) in [4.78, 5) is 17.9. The highest BCUT2D eigenvalue weighted by Crippen LogP contribution is 2.22. The van der Waals surface area contributed by atoms with Crippen molar-refractivity contribution in [2.75, 3.05) is 20.2 Å². The molecule has 1 amide bonds. The second-order valence-electron chi connectivity index (χ2n) is 7.67. The van der Waals surface area contributed by atoms with Gasteiger partial charge in [0.1, 0.15) is 11.4 Å². The molecule has 1 aliphatic rings. The zero-order valence-corrected chi connectivity index (χ0v) is 18.0. The quantitative estimate of drug-likeness (QED) is 0.442. The molecule has 3 heterocycles. The lowest BCUT2D eigenvalue weighted by atomic mass is 10.1. The van der Waals surface area contributed by atoms with Crippen molar-refractivity contribution in [2.24, 2.45) is 0 Å². The first-order valence-electron chi connectivity index (χ1n) is 10.6. The third kappa shape index (κ3) is 4.69. The number of rotatable bonds is 6. The van der Waals surface area contributed by atoms with Gasteiger partial charge in [-0.3, -0.25) is 4.52 Å². The van der Waals surface area contributed by atoms with E-state index in [1.807, 2.05) is 54.7 Å². The van der Waals surface area contributed by atoms with Crippen LogP contribution in [0.1, 0.15) is 18.4 Å². The standard InChI is InChI=1S/C23H22N6O4/c1-31-19-10-8-17(9-11-19)20-15-29(27-25-20)14-16-4-6-18(7-5-16)21-24-22(33-26-21)32-23(30)28-12-2-3-13-28/h4-11,15H,2-3,12-14H2,1H3. The average molecular weight is 446 g/mol. The van der Waals surface area contributed by atoms with Gasteiger partial charge in [-0.1, -0.05) is 34.6 Å². The SMILES string of the molecule is COc1ccc(-c2cn(Cc3ccc(-c4noc(OC(=O)N5CCCC5)n4)cc3)nn2)cc1. The molecule has 1 saturated heterocycles. The maximum atomic E-state index is 12.1. The van der Waals surface area contributed by atoms with Crippen LogP contribution < -0.4 is 9.47 Å². The largest absolute Gasteiger partial charge is 0.497 e. The van der Waals surface area contributed by atoms with Crippen molar-refractivity contribution in [2.45, 2.75) is 19.4 Å². The first-order chi connectivity index (χ1) is 16.2. The summed E-state index contributed by atoms with van der Waals surface area (Å²) in [6.45, 7) is 1.94. The van der Waals surface area contributed by atoms with Crippen LogP contribution in [0.2, 0.25) is 0 Å². The molecular weight excluding hydrogens is 424 g/mol. The zero-order valence-electron chi connectivity index (χ0n) is 18.0. The minimum Gasteiger partial charge on any atom is -0.497 e. The van der Waals surface area contributed by atoms with Crippen LogP contribution in [0.3, 0.4) is 0 Å². The van der Waals surface area contributed by atoms with E-state index in [0.29, 0.717) is 25.5 Å². The molecular formula is C23H22N6O4. The van der Waals surface area contributed by atoms with Gasteiger partial charge in [0, 0.05) is 24.2 Å². The summed E-state index contributed by atoms with van der Waals surface area (Å²) < 4.78 is 17.2. The van der Waals surface area contributed by atoms with E-state index in [1.165, 1.54) is 0 Å². The maximum absolute atomic E-state index is 12.1. The number of carbonyl (C=O) groups excluding carboxylic acids is 1. The molecule has 0 saturated carbocycles. The van der Waals surface area contributed by atoms with Crippen LogP contribution in [-0.2, 0) is 6.54 Å². The molecule has 33 heavy (non-hydrogen) atoms. The Kier molecular flexibility index (Phi) is 5.71. The third-order valence-electron chi connectivity index (χ3n) is 5.43. The Morgan fingerprint density at radius 2 is 1.76 bits per heavy atom. The molecule has 0 spiro atoms. The molecule has 0 radical (unpaired) electrons. The molecule has 10 heteroatoms. The summed E-state index contributed by atoms with van der Waals surface area (Å²) in [7, 11) is 1.64. The molecule has 0 N–H and O–H groups in total. The highest BCUT2D eigenvalue weighted by Gasteiger charge is 2.22. The Hall–Kier alpha value is -4.21. The Morgan fingerprint density at radius 3 is 2.48 bits per heavy atom. The van der Waals surface area contributed by atoms with Crippen molar-refractivity contribution in [1.82, 2.24) is 30.0 Å². The molecule has 1 aliphatic heterocycles.